The Kier molecular flexibility index (Phi) is 7.55. The zero-order valence-electron chi connectivity index (χ0n) is 15.5. The fourth-order valence-electron chi connectivity index (χ4n) is 2.41. The smallest absolute Gasteiger partial charge is 0.342 e. The molecule has 1 aliphatic heterocycles. The van der Waals surface area contributed by atoms with Gasteiger partial charge in [0.1, 0.15) is 0 Å². The van der Waals surface area contributed by atoms with Crippen LogP contribution in [0.4, 0.5) is 0 Å². The Morgan fingerprint density at radius 3 is 2.08 bits per heavy atom. The molecule has 0 aliphatic carbocycles. The topological polar surface area (TPSA) is 21.7 Å². The van der Waals surface area contributed by atoms with Crippen molar-refractivity contribution in [2.45, 2.75) is 51.7 Å². The van der Waals surface area contributed by atoms with Gasteiger partial charge in [0.05, 0.1) is 11.2 Å². The third kappa shape index (κ3) is 5.35. The largest absolute Gasteiger partial charge is 2.00 e. The van der Waals surface area contributed by atoms with Crippen LogP contribution in [0.2, 0.25) is 0 Å². The molecular formula is C20H29NO2Ru. The van der Waals surface area contributed by atoms with Gasteiger partial charge in [0.2, 0.25) is 0 Å². The molecule has 1 saturated heterocycles. The monoisotopic (exact) mass is 417 g/mol. The van der Waals surface area contributed by atoms with Gasteiger partial charge in [-0.25, -0.2) is 18.2 Å². The maximum atomic E-state index is 5.89. The summed E-state index contributed by atoms with van der Waals surface area (Å²) in [6.07, 6.45) is -0.213. The molecule has 1 fully saturated rings. The first-order valence-electron chi connectivity index (χ1n) is 8.14. The average molecular weight is 417 g/mol. The van der Waals surface area contributed by atoms with Crippen LogP contribution >= 0.6 is 0 Å². The molecule has 2 aromatic rings. The standard InChI is InChI=1S/C12H17O2.C8H12N.Ru/c1-11(2)12(3,4)14-10(13-11)9-7-5-6-8-9;1-9(2)7-8-5-3-4-6-8;/h5-8,10H,1-4H3;3-6H,7H2,1-2H3;/q2*-1;+2. The van der Waals surface area contributed by atoms with Crippen LogP contribution in [0, 0.1) is 0 Å². The zero-order valence-corrected chi connectivity index (χ0v) is 17.3. The second kappa shape index (κ2) is 8.53. The average Bonchev–Trinajstić information content (AvgIpc) is 3.12. The first-order chi connectivity index (χ1) is 10.7. The third-order valence-electron chi connectivity index (χ3n) is 4.44. The molecule has 0 unspecified atom stereocenters. The summed E-state index contributed by atoms with van der Waals surface area (Å²) in [5, 5.41) is 0. The summed E-state index contributed by atoms with van der Waals surface area (Å²) in [6, 6.07) is 16.5. The van der Waals surface area contributed by atoms with Crippen LogP contribution in [0.15, 0.2) is 48.5 Å². The van der Waals surface area contributed by atoms with Crippen LogP contribution in [0.1, 0.15) is 45.1 Å². The normalized spacial score (nSPS) is 18.8. The minimum atomic E-state index is -0.241. The fraction of sp³-hybridized carbons (Fsp3) is 0.500. The number of ether oxygens (including phenoxy) is 2. The van der Waals surface area contributed by atoms with E-state index in [1.54, 1.807) is 0 Å². The molecule has 24 heavy (non-hydrogen) atoms. The Labute approximate surface area is 159 Å². The molecule has 0 radical (unpaired) electrons. The van der Waals surface area contributed by atoms with Gasteiger partial charge in [0, 0.05) is 0 Å². The molecule has 2 aromatic carbocycles. The van der Waals surface area contributed by atoms with E-state index < -0.39 is 0 Å². The predicted molar refractivity (Wildman–Crippen MR) is 94.5 cm³/mol. The third-order valence-corrected chi connectivity index (χ3v) is 4.44. The quantitative estimate of drug-likeness (QED) is 0.544. The van der Waals surface area contributed by atoms with Crippen molar-refractivity contribution in [2.75, 3.05) is 14.1 Å². The number of nitrogens with zero attached hydrogens (tertiary/aromatic N) is 1. The molecule has 4 heteroatoms. The van der Waals surface area contributed by atoms with Crippen LogP contribution in [-0.4, -0.2) is 30.2 Å². The van der Waals surface area contributed by atoms with Crippen LogP contribution in [0.3, 0.4) is 0 Å². The first-order valence-corrected chi connectivity index (χ1v) is 8.14. The van der Waals surface area contributed by atoms with Crippen LogP contribution in [0.25, 0.3) is 0 Å². The summed E-state index contributed by atoms with van der Waals surface area (Å²) in [6.45, 7) is 9.31. The molecular weight excluding hydrogens is 387 g/mol. The summed E-state index contributed by atoms with van der Waals surface area (Å²) in [7, 11) is 4.15. The van der Waals surface area contributed by atoms with Crippen molar-refractivity contribution in [1.82, 2.24) is 4.90 Å². The Hall–Kier alpha value is -0.797. The van der Waals surface area contributed by atoms with Gasteiger partial charge in [-0.05, 0) is 48.3 Å². The Bertz CT molecular complexity index is 555. The molecule has 0 aromatic heterocycles. The van der Waals surface area contributed by atoms with Gasteiger partial charge in [-0.2, -0.15) is 35.9 Å². The van der Waals surface area contributed by atoms with Crippen molar-refractivity contribution in [1.29, 1.82) is 0 Å². The molecule has 1 heterocycles. The predicted octanol–water partition coefficient (Wildman–Crippen LogP) is 4.47. The van der Waals surface area contributed by atoms with Gasteiger partial charge in [-0.3, -0.25) is 0 Å². The fourth-order valence-corrected chi connectivity index (χ4v) is 2.41. The van der Waals surface area contributed by atoms with Gasteiger partial charge in [0.15, 0.2) is 6.29 Å². The molecule has 0 atom stereocenters. The number of hydrogen-bond acceptors (Lipinski definition) is 3. The van der Waals surface area contributed by atoms with E-state index in [1.165, 1.54) is 5.56 Å². The van der Waals surface area contributed by atoms with E-state index in [0.29, 0.717) is 0 Å². The first kappa shape index (κ1) is 21.2. The SMILES string of the molecule is CC1(C)OC(c2ccc[cH-]2)OC1(C)C.CN(C)Cc1cc[cH-]c1.[Ru+2]. The zero-order chi connectivity index (χ0) is 17.1. The van der Waals surface area contributed by atoms with E-state index in [9.17, 15) is 0 Å². The van der Waals surface area contributed by atoms with E-state index in [1.807, 2.05) is 24.3 Å². The van der Waals surface area contributed by atoms with Gasteiger partial charge >= 0.3 is 19.5 Å². The van der Waals surface area contributed by atoms with E-state index in [4.69, 9.17) is 9.47 Å². The second-order valence-electron chi connectivity index (χ2n) is 7.34. The molecule has 0 saturated carbocycles. The van der Waals surface area contributed by atoms with Crippen molar-refractivity contribution >= 4 is 0 Å². The van der Waals surface area contributed by atoms with Crippen molar-refractivity contribution in [3.8, 4) is 0 Å². The molecule has 134 valence electrons. The van der Waals surface area contributed by atoms with Crippen molar-refractivity contribution < 1.29 is 29.0 Å². The van der Waals surface area contributed by atoms with Crippen molar-refractivity contribution in [3.05, 3.63) is 59.7 Å². The van der Waals surface area contributed by atoms with Crippen molar-refractivity contribution in [2.24, 2.45) is 0 Å². The van der Waals surface area contributed by atoms with Crippen molar-refractivity contribution in [3.63, 3.8) is 0 Å². The molecule has 0 bridgehead atoms. The van der Waals surface area contributed by atoms with Crippen LogP contribution in [-0.2, 0) is 35.5 Å². The van der Waals surface area contributed by atoms with Gasteiger partial charge in [0.25, 0.3) is 0 Å². The van der Waals surface area contributed by atoms with E-state index in [2.05, 4.69) is 71.0 Å². The maximum Gasteiger partial charge on any atom is 2.00 e. The van der Waals surface area contributed by atoms with Gasteiger partial charge in [-0.1, -0.05) is 0 Å². The minimum Gasteiger partial charge on any atom is -0.342 e. The van der Waals surface area contributed by atoms with E-state index in [0.717, 1.165) is 12.1 Å². The maximum absolute atomic E-state index is 5.89. The molecule has 0 spiro atoms. The Morgan fingerprint density at radius 2 is 1.67 bits per heavy atom. The van der Waals surface area contributed by atoms with E-state index >= 15 is 0 Å². The summed E-state index contributed by atoms with van der Waals surface area (Å²) < 4.78 is 11.8. The summed E-state index contributed by atoms with van der Waals surface area (Å²) in [5.41, 5.74) is 2.01. The van der Waals surface area contributed by atoms with Gasteiger partial charge < -0.3 is 14.4 Å². The molecule has 0 N–H and O–H groups in total. The second-order valence-corrected chi connectivity index (χ2v) is 7.34. The van der Waals surface area contributed by atoms with E-state index in [-0.39, 0.29) is 37.0 Å². The Balaban J connectivity index is 0.000000252. The number of hydrogen-bond donors (Lipinski definition) is 0. The summed E-state index contributed by atoms with van der Waals surface area (Å²) in [5.74, 6) is 0. The van der Waals surface area contributed by atoms with Crippen LogP contribution < -0.4 is 0 Å². The molecule has 1 aliphatic rings. The molecule has 0 amide bonds. The number of rotatable bonds is 3. The van der Waals surface area contributed by atoms with Crippen LogP contribution in [0.5, 0.6) is 0 Å². The summed E-state index contributed by atoms with van der Waals surface area (Å²) in [4.78, 5) is 2.16. The minimum absolute atomic E-state index is 0. The summed E-state index contributed by atoms with van der Waals surface area (Å²) >= 11 is 0. The molecule has 3 rings (SSSR count). The molecule has 3 nitrogen and oxygen atoms in total. The van der Waals surface area contributed by atoms with Gasteiger partial charge in [-0.15, -0.1) is 5.56 Å². The Morgan fingerprint density at radius 1 is 1.04 bits per heavy atom.